The molecular weight excluding hydrogens is 456 g/mol. The lowest BCUT2D eigenvalue weighted by atomic mass is 9.85. The molecule has 2 fully saturated rings. The standard InChI is InChI=1S/C28H34N4O4/c1-19-12-20-13-21(6-7-23(20)31-19)36-27(30-3)22-14-25(33-4)26(15-24(22)29-2)35-11-5-9-32-10-8-28(16-32)17-34-18-28/h6-7,12-15,31H,2,5,8-11,16-18H2,1,3-4H3. The first-order chi connectivity index (χ1) is 17.5. The number of ether oxygens (including phenoxy) is 4. The summed E-state index contributed by atoms with van der Waals surface area (Å²) >= 11 is 0. The summed E-state index contributed by atoms with van der Waals surface area (Å²) in [5.41, 5.74) is 3.89. The minimum absolute atomic E-state index is 0.414. The van der Waals surface area contributed by atoms with Gasteiger partial charge in [0, 0.05) is 48.2 Å². The van der Waals surface area contributed by atoms with Crippen LogP contribution in [0.15, 0.2) is 46.4 Å². The van der Waals surface area contributed by atoms with E-state index in [4.69, 9.17) is 18.9 Å². The van der Waals surface area contributed by atoms with E-state index < -0.39 is 0 Å². The zero-order valence-corrected chi connectivity index (χ0v) is 21.3. The minimum atomic E-state index is 0.414. The van der Waals surface area contributed by atoms with Gasteiger partial charge in [-0.3, -0.25) is 9.98 Å². The number of nitrogens with zero attached hydrogens (tertiary/aromatic N) is 3. The van der Waals surface area contributed by atoms with E-state index in [0.29, 0.717) is 46.4 Å². The van der Waals surface area contributed by atoms with Crippen molar-refractivity contribution in [1.29, 1.82) is 0 Å². The molecule has 0 saturated carbocycles. The van der Waals surface area contributed by atoms with Gasteiger partial charge in [0.2, 0.25) is 5.90 Å². The number of nitrogens with one attached hydrogen (secondary N) is 1. The molecule has 0 bridgehead atoms. The first kappa shape index (κ1) is 24.3. The molecule has 36 heavy (non-hydrogen) atoms. The molecule has 1 spiro atoms. The maximum atomic E-state index is 6.17. The number of aromatic amines is 1. The van der Waals surface area contributed by atoms with Gasteiger partial charge in [-0.05, 0) is 63.4 Å². The highest BCUT2D eigenvalue weighted by Crippen LogP contribution is 2.38. The van der Waals surface area contributed by atoms with E-state index in [1.165, 1.54) is 6.42 Å². The van der Waals surface area contributed by atoms with Crippen LogP contribution in [0.25, 0.3) is 10.9 Å². The molecule has 8 nitrogen and oxygen atoms in total. The van der Waals surface area contributed by atoms with Gasteiger partial charge in [-0.15, -0.1) is 0 Å². The van der Waals surface area contributed by atoms with Crippen LogP contribution >= 0.6 is 0 Å². The van der Waals surface area contributed by atoms with Gasteiger partial charge in [0.15, 0.2) is 11.5 Å². The summed E-state index contributed by atoms with van der Waals surface area (Å²) < 4.78 is 23.4. The number of rotatable bonds is 9. The van der Waals surface area contributed by atoms with E-state index in [2.05, 4.69) is 32.7 Å². The minimum Gasteiger partial charge on any atom is -0.493 e. The van der Waals surface area contributed by atoms with Gasteiger partial charge < -0.3 is 28.8 Å². The van der Waals surface area contributed by atoms with Crippen molar-refractivity contribution in [3.63, 3.8) is 0 Å². The van der Waals surface area contributed by atoms with Crippen LogP contribution in [0.2, 0.25) is 0 Å². The first-order valence-corrected chi connectivity index (χ1v) is 12.4. The van der Waals surface area contributed by atoms with Gasteiger partial charge in [0.05, 0.1) is 38.2 Å². The number of methoxy groups -OCH3 is 1. The monoisotopic (exact) mass is 490 g/mol. The first-order valence-electron chi connectivity index (χ1n) is 12.4. The summed E-state index contributed by atoms with van der Waals surface area (Å²) in [6.07, 6.45) is 2.17. The van der Waals surface area contributed by atoms with Crippen LogP contribution in [0.4, 0.5) is 5.69 Å². The molecule has 3 aromatic rings. The number of H-pyrrole nitrogens is 1. The largest absolute Gasteiger partial charge is 0.493 e. The Labute approximate surface area is 211 Å². The second-order valence-corrected chi connectivity index (χ2v) is 9.73. The Bertz CT molecular complexity index is 1280. The van der Waals surface area contributed by atoms with Gasteiger partial charge in [-0.2, -0.15) is 0 Å². The van der Waals surface area contributed by atoms with Crippen molar-refractivity contribution in [2.75, 3.05) is 53.6 Å². The number of aliphatic imine (C=N–C) groups is 2. The Morgan fingerprint density at radius 2 is 2.06 bits per heavy atom. The van der Waals surface area contributed by atoms with Gasteiger partial charge in [0.1, 0.15) is 5.75 Å². The normalized spacial score (nSPS) is 17.4. The lowest BCUT2D eigenvalue weighted by Crippen LogP contribution is -2.44. The molecule has 190 valence electrons. The van der Waals surface area contributed by atoms with E-state index in [9.17, 15) is 0 Å². The van der Waals surface area contributed by atoms with Crippen molar-refractivity contribution in [3.05, 3.63) is 47.7 Å². The number of fused-ring (bicyclic) bond motifs is 1. The predicted octanol–water partition coefficient (Wildman–Crippen LogP) is 4.76. The average molecular weight is 491 g/mol. The molecule has 1 N–H and O–H groups in total. The Hall–Kier alpha value is -3.36. The lowest BCUT2D eigenvalue weighted by Gasteiger charge is -2.37. The van der Waals surface area contributed by atoms with Gasteiger partial charge in [0.25, 0.3) is 0 Å². The maximum absolute atomic E-state index is 6.17. The van der Waals surface area contributed by atoms with Crippen LogP contribution in [-0.2, 0) is 4.74 Å². The second kappa shape index (κ2) is 10.3. The fraction of sp³-hybridized carbons (Fsp3) is 0.429. The van der Waals surface area contributed by atoms with Crippen LogP contribution < -0.4 is 14.2 Å². The average Bonchev–Trinajstić information content (AvgIpc) is 3.47. The quantitative estimate of drug-likeness (QED) is 0.266. The van der Waals surface area contributed by atoms with E-state index >= 15 is 0 Å². The highest BCUT2D eigenvalue weighted by molar-refractivity contribution is 6.01. The second-order valence-electron chi connectivity index (χ2n) is 9.73. The van der Waals surface area contributed by atoms with Crippen molar-refractivity contribution < 1.29 is 18.9 Å². The van der Waals surface area contributed by atoms with Crippen molar-refractivity contribution in [3.8, 4) is 17.2 Å². The molecule has 8 heteroatoms. The molecule has 0 atom stereocenters. The van der Waals surface area contributed by atoms with Crippen LogP contribution in [0.3, 0.4) is 0 Å². The maximum Gasteiger partial charge on any atom is 0.224 e. The third kappa shape index (κ3) is 4.96. The highest BCUT2D eigenvalue weighted by atomic mass is 16.5. The van der Waals surface area contributed by atoms with E-state index in [1.807, 2.05) is 37.3 Å². The lowest BCUT2D eigenvalue weighted by molar-refractivity contribution is -0.105. The molecule has 2 aliphatic rings. The fourth-order valence-corrected chi connectivity index (χ4v) is 5.09. The van der Waals surface area contributed by atoms with E-state index in [0.717, 1.165) is 55.9 Å². The Morgan fingerprint density at radius 3 is 2.75 bits per heavy atom. The Kier molecular flexibility index (Phi) is 6.98. The number of likely N-dealkylation sites (tertiary alicyclic amines) is 1. The third-order valence-electron chi connectivity index (χ3n) is 7.04. The fourth-order valence-electron chi connectivity index (χ4n) is 5.09. The van der Waals surface area contributed by atoms with Gasteiger partial charge in [-0.1, -0.05) is 0 Å². The zero-order valence-electron chi connectivity index (χ0n) is 21.3. The number of hydrogen-bond acceptors (Lipinski definition) is 7. The van der Waals surface area contributed by atoms with Crippen LogP contribution in [0, 0.1) is 12.3 Å². The SMILES string of the molecule is C=Nc1cc(OCCCN2CCC3(COC3)C2)c(OC)cc1C(=NC)Oc1ccc2[nH]c(C)cc2c1. The van der Waals surface area contributed by atoms with Crippen LogP contribution in [0.5, 0.6) is 17.2 Å². The molecule has 1 aromatic heterocycles. The van der Waals surface area contributed by atoms with Crippen molar-refractivity contribution >= 4 is 29.2 Å². The van der Waals surface area contributed by atoms with Crippen LogP contribution in [0.1, 0.15) is 24.1 Å². The molecule has 0 aliphatic carbocycles. The summed E-state index contributed by atoms with van der Waals surface area (Å²) in [7, 11) is 3.32. The number of aryl methyl sites for hydroxylation is 1. The van der Waals surface area contributed by atoms with Crippen LogP contribution in [-0.4, -0.2) is 76.1 Å². The molecule has 0 radical (unpaired) electrons. The molecule has 2 saturated heterocycles. The highest BCUT2D eigenvalue weighted by Gasteiger charge is 2.43. The molecule has 2 aliphatic heterocycles. The van der Waals surface area contributed by atoms with Gasteiger partial charge >= 0.3 is 0 Å². The Balaban J connectivity index is 1.26. The van der Waals surface area contributed by atoms with Crippen molar-refractivity contribution in [2.24, 2.45) is 15.4 Å². The van der Waals surface area contributed by atoms with Crippen molar-refractivity contribution in [1.82, 2.24) is 9.88 Å². The molecule has 0 unspecified atom stereocenters. The smallest absolute Gasteiger partial charge is 0.224 e. The summed E-state index contributed by atoms with van der Waals surface area (Å²) in [5, 5.41) is 1.08. The van der Waals surface area contributed by atoms with Gasteiger partial charge in [-0.25, -0.2) is 0 Å². The number of hydrogen-bond donors (Lipinski definition) is 1. The summed E-state index contributed by atoms with van der Waals surface area (Å²) in [5.74, 6) is 2.35. The number of benzene rings is 2. The summed E-state index contributed by atoms with van der Waals surface area (Å²) in [6, 6.07) is 11.7. The summed E-state index contributed by atoms with van der Waals surface area (Å²) in [6.45, 7) is 11.5. The molecule has 0 amide bonds. The third-order valence-corrected chi connectivity index (χ3v) is 7.04. The molecule has 5 rings (SSSR count). The molecule has 3 heterocycles. The predicted molar refractivity (Wildman–Crippen MR) is 143 cm³/mol. The molecular formula is C28H34N4O4. The van der Waals surface area contributed by atoms with Crippen molar-refractivity contribution in [2.45, 2.75) is 19.8 Å². The Morgan fingerprint density at radius 1 is 1.19 bits per heavy atom. The van der Waals surface area contributed by atoms with E-state index in [-0.39, 0.29) is 0 Å². The molecule has 2 aromatic carbocycles. The number of aromatic nitrogens is 1. The zero-order chi connectivity index (χ0) is 25.1. The van der Waals surface area contributed by atoms with E-state index in [1.54, 1.807) is 14.2 Å². The summed E-state index contributed by atoms with van der Waals surface area (Å²) in [4.78, 5) is 14.4. The topological polar surface area (TPSA) is 80.7 Å².